The SMILES string of the molecule is Cc1cc(N2CCC(N)CC2)[nH]n1. The molecule has 0 atom stereocenters. The lowest BCUT2D eigenvalue weighted by atomic mass is 10.1. The van der Waals surface area contributed by atoms with Crippen molar-refractivity contribution >= 4 is 5.82 Å². The molecule has 13 heavy (non-hydrogen) atoms. The van der Waals surface area contributed by atoms with Gasteiger partial charge < -0.3 is 10.6 Å². The average Bonchev–Trinajstić information content (AvgIpc) is 2.53. The maximum absolute atomic E-state index is 5.83. The van der Waals surface area contributed by atoms with Gasteiger partial charge in [-0.3, -0.25) is 5.10 Å². The Morgan fingerprint density at radius 2 is 2.23 bits per heavy atom. The van der Waals surface area contributed by atoms with E-state index in [0.29, 0.717) is 6.04 Å². The van der Waals surface area contributed by atoms with Crippen molar-refractivity contribution < 1.29 is 0 Å². The predicted molar refractivity (Wildman–Crippen MR) is 52.7 cm³/mol. The molecule has 1 saturated heterocycles. The molecular formula is C9H16N4. The Labute approximate surface area is 78.1 Å². The van der Waals surface area contributed by atoms with Gasteiger partial charge in [0.25, 0.3) is 0 Å². The van der Waals surface area contributed by atoms with Gasteiger partial charge in [0.15, 0.2) is 0 Å². The molecule has 0 saturated carbocycles. The van der Waals surface area contributed by atoms with Gasteiger partial charge in [-0.1, -0.05) is 0 Å². The molecular weight excluding hydrogens is 164 g/mol. The quantitative estimate of drug-likeness (QED) is 0.667. The van der Waals surface area contributed by atoms with Crippen LogP contribution in [0.25, 0.3) is 0 Å². The van der Waals surface area contributed by atoms with Gasteiger partial charge in [-0.15, -0.1) is 0 Å². The van der Waals surface area contributed by atoms with E-state index in [1.165, 1.54) is 0 Å². The average molecular weight is 180 g/mol. The number of rotatable bonds is 1. The molecule has 2 heterocycles. The van der Waals surface area contributed by atoms with Crippen LogP contribution in [0.1, 0.15) is 18.5 Å². The second kappa shape index (κ2) is 3.38. The van der Waals surface area contributed by atoms with Gasteiger partial charge in [-0.05, 0) is 19.8 Å². The molecule has 4 heteroatoms. The summed E-state index contributed by atoms with van der Waals surface area (Å²) in [6.07, 6.45) is 2.16. The van der Waals surface area contributed by atoms with E-state index in [9.17, 15) is 0 Å². The molecule has 1 fully saturated rings. The number of aromatic amines is 1. The number of nitrogens with two attached hydrogens (primary N) is 1. The van der Waals surface area contributed by atoms with Crippen LogP contribution in [0.5, 0.6) is 0 Å². The number of H-pyrrole nitrogens is 1. The van der Waals surface area contributed by atoms with Crippen LogP contribution in [0, 0.1) is 6.92 Å². The fraction of sp³-hybridized carbons (Fsp3) is 0.667. The first-order valence-corrected chi connectivity index (χ1v) is 4.78. The van der Waals surface area contributed by atoms with E-state index in [1.807, 2.05) is 6.92 Å². The van der Waals surface area contributed by atoms with E-state index in [0.717, 1.165) is 37.4 Å². The summed E-state index contributed by atoms with van der Waals surface area (Å²) in [6.45, 7) is 4.08. The van der Waals surface area contributed by atoms with Crippen LogP contribution in [0.3, 0.4) is 0 Å². The fourth-order valence-corrected chi connectivity index (χ4v) is 1.71. The van der Waals surface area contributed by atoms with Gasteiger partial charge in [0.05, 0.1) is 5.69 Å². The summed E-state index contributed by atoms with van der Waals surface area (Å²) in [5.41, 5.74) is 6.87. The van der Waals surface area contributed by atoms with Crippen LogP contribution < -0.4 is 10.6 Å². The van der Waals surface area contributed by atoms with E-state index in [-0.39, 0.29) is 0 Å². The molecule has 0 unspecified atom stereocenters. The molecule has 0 aliphatic carbocycles. The summed E-state index contributed by atoms with van der Waals surface area (Å²) in [6, 6.07) is 2.47. The summed E-state index contributed by atoms with van der Waals surface area (Å²) in [5, 5.41) is 7.14. The Morgan fingerprint density at radius 3 is 2.77 bits per heavy atom. The molecule has 0 radical (unpaired) electrons. The molecule has 1 aliphatic heterocycles. The van der Waals surface area contributed by atoms with Crippen molar-refractivity contribution in [3.8, 4) is 0 Å². The van der Waals surface area contributed by atoms with Gasteiger partial charge in [0, 0.05) is 25.2 Å². The van der Waals surface area contributed by atoms with Gasteiger partial charge in [0.2, 0.25) is 0 Å². The number of hydrogen-bond acceptors (Lipinski definition) is 3. The number of nitrogens with zero attached hydrogens (tertiary/aromatic N) is 2. The highest BCUT2D eigenvalue weighted by atomic mass is 15.3. The standard InChI is InChI=1S/C9H16N4/c1-7-6-9(12-11-7)13-4-2-8(10)3-5-13/h6,8H,2-5,10H2,1H3,(H,11,12). The molecule has 72 valence electrons. The van der Waals surface area contributed by atoms with E-state index in [2.05, 4.69) is 21.2 Å². The summed E-state index contributed by atoms with van der Waals surface area (Å²) >= 11 is 0. The molecule has 0 spiro atoms. The van der Waals surface area contributed by atoms with Crippen LogP contribution >= 0.6 is 0 Å². The maximum atomic E-state index is 5.83. The van der Waals surface area contributed by atoms with Crippen molar-refractivity contribution in [2.45, 2.75) is 25.8 Å². The second-order valence-electron chi connectivity index (χ2n) is 3.72. The van der Waals surface area contributed by atoms with Crippen molar-refractivity contribution in [3.05, 3.63) is 11.8 Å². The highest BCUT2D eigenvalue weighted by molar-refractivity contribution is 5.39. The zero-order valence-corrected chi connectivity index (χ0v) is 7.95. The molecule has 0 bridgehead atoms. The van der Waals surface area contributed by atoms with Crippen LogP contribution in [0.2, 0.25) is 0 Å². The number of hydrogen-bond donors (Lipinski definition) is 2. The summed E-state index contributed by atoms with van der Waals surface area (Å²) < 4.78 is 0. The summed E-state index contributed by atoms with van der Waals surface area (Å²) in [7, 11) is 0. The maximum Gasteiger partial charge on any atom is 0.124 e. The smallest absolute Gasteiger partial charge is 0.124 e. The first-order valence-electron chi connectivity index (χ1n) is 4.78. The van der Waals surface area contributed by atoms with Gasteiger partial charge >= 0.3 is 0 Å². The zero-order valence-electron chi connectivity index (χ0n) is 7.95. The molecule has 2 rings (SSSR count). The van der Waals surface area contributed by atoms with Crippen molar-refractivity contribution in [2.75, 3.05) is 18.0 Å². The summed E-state index contributed by atoms with van der Waals surface area (Å²) in [5.74, 6) is 1.13. The number of nitrogens with one attached hydrogen (secondary N) is 1. The third-order valence-corrected chi connectivity index (χ3v) is 2.57. The molecule has 1 aliphatic rings. The van der Waals surface area contributed by atoms with Crippen LogP contribution in [0.15, 0.2) is 6.07 Å². The van der Waals surface area contributed by atoms with Crippen molar-refractivity contribution in [2.24, 2.45) is 5.73 Å². The highest BCUT2D eigenvalue weighted by Gasteiger charge is 2.17. The zero-order chi connectivity index (χ0) is 9.26. The Balaban J connectivity index is 2.02. The lowest BCUT2D eigenvalue weighted by Crippen LogP contribution is -2.39. The van der Waals surface area contributed by atoms with Crippen molar-refractivity contribution in [1.82, 2.24) is 10.2 Å². The predicted octanol–water partition coefficient (Wildman–Crippen LogP) is 0.646. The molecule has 4 nitrogen and oxygen atoms in total. The minimum atomic E-state index is 0.389. The third kappa shape index (κ3) is 1.83. The Morgan fingerprint density at radius 1 is 1.54 bits per heavy atom. The largest absolute Gasteiger partial charge is 0.357 e. The number of piperidine rings is 1. The third-order valence-electron chi connectivity index (χ3n) is 2.57. The Hall–Kier alpha value is -1.03. The van der Waals surface area contributed by atoms with Gasteiger partial charge in [-0.2, -0.15) is 5.10 Å². The lowest BCUT2D eigenvalue weighted by molar-refractivity contribution is 0.498. The lowest BCUT2D eigenvalue weighted by Gasteiger charge is -2.30. The van der Waals surface area contributed by atoms with E-state index >= 15 is 0 Å². The molecule has 1 aromatic rings. The first kappa shape index (κ1) is 8.56. The van der Waals surface area contributed by atoms with Crippen LogP contribution in [0.4, 0.5) is 5.82 Å². The van der Waals surface area contributed by atoms with Gasteiger partial charge in [-0.25, -0.2) is 0 Å². The number of anilines is 1. The minimum absolute atomic E-state index is 0.389. The van der Waals surface area contributed by atoms with E-state index in [4.69, 9.17) is 5.73 Å². The van der Waals surface area contributed by atoms with Gasteiger partial charge in [0.1, 0.15) is 5.82 Å². The van der Waals surface area contributed by atoms with E-state index < -0.39 is 0 Å². The van der Waals surface area contributed by atoms with E-state index in [1.54, 1.807) is 0 Å². The molecule has 3 N–H and O–H groups in total. The number of aryl methyl sites for hydroxylation is 1. The fourth-order valence-electron chi connectivity index (χ4n) is 1.71. The topological polar surface area (TPSA) is 57.9 Å². The Bertz CT molecular complexity index is 273. The molecule has 0 aromatic carbocycles. The van der Waals surface area contributed by atoms with Crippen LogP contribution in [-0.4, -0.2) is 29.3 Å². The van der Waals surface area contributed by atoms with Crippen LogP contribution in [-0.2, 0) is 0 Å². The normalized spacial score (nSPS) is 19.4. The molecule has 0 amide bonds. The molecule has 1 aromatic heterocycles. The first-order chi connectivity index (χ1) is 6.25. The summed E-state index contributed by atoms with van der Waals surface area (Å²) in [4.78, 5) is 2.31. The minimum Gasteiger partial charge on any atom is -0.357 e. The van der Waals surface area contributed by atoms with Crippen molar-refractivity contribution in [1.29, 1.82) is 0 Å². The highest BCUT2D eigenvalue weighted by Crippen LogP contribution is 2.17. The number of aromatic nitrogens is 2. The monoisotopic (exact) mass is 180 g/mol. The van der Waals surface area contributed by atoms with Crippen molar-refractivity contribution in [3.63, 3.8) is 0 Å². The Kier molecular flexibility index (Phi) is 2.22. The second-order valence-corrected chi connectivity index (χ2v) is 3.72.